The van der Waals surface area contributed by atoms with Gasteiger partial charge >= 0.3 is 0 Å². The monoisotopic (exact) mass is 271 g/mol. The summed E-state index contributed by atoms with van der Waals surface area (Å²) in [7, 11) is 0. The fourth-order valence-corrected chi connectivity index (χ4v) is 3.46. The number of hydrogen-bond donors (Lipinski definition) is 1. The molecule has 3 heteroatoms. The highest BCUT2D eigenvalue weighted by molar-refractivity contribution is 6.36. The Bertz CT molecular complexity index is 352. The summed E-state index contributed by atoms with van der Waals surface area (Å²) >= 11 is 12.6. The van der Waals surface area contributed by atoms with Gasteiger partial charge < -0.3 is 5.32 Å². The quantitative estimate of drug-likeness (QED) is 0.827. The van der Waals surface area contributed by atoms with Crippen molar-refractivity contribution < 1.29 is 0 Å². The molecule has 1 aliphatic rings. The van der Waals surface area contributed by atoms with Crippen LogP contribution >= 0.6 is 23.2 Å². The molecule has 94 valence electrons. The SMILES string of the molecule is CCNC(c1c(Cl)cccc1Cl)C1CCCC1. The van der Waals surface area contributed by atoms with Crippen molar-refractivity contribution in [3.63, 3.8) is 0 Å². The topological polar surface area (TPSA) is 12.0 Å². The van der Waals surface area contributed by atoms with Gasteiger partial charge in [-0.15, -0.1) is 0 Å². The largest absolute Gasteiger partial charge is 0.310 e. The van der Waals surface area contributed by atoms with Crippen LogP contribution in [-0.4, -0.2) is 6.54 Å². The number of hydrogen-bond acceptors (Lipinski definition) is 1. The van der Waals surface area contributed by atoms with Crippen molar-refractivity contribution in [2.24, 2.45) is 5.92 Å². The highest BCUT2D eigenvalue weighted by Crippen LogP contribution is 2.40. The summed E-state index contributed by atoms with van der Waals surface area (Å²) in [6.07, 6.45) is 5.21. The summed E-state index contributed by atoms with van der Waals surface area (Å²) in [5.74, 6) is 0.673. The second-order valence-corrected chi connectivity index (χ2v) is 5.53. The first-order valence-corrected chi connectivity index (χ1v) is 7.17. The number of benzene rings is 1. The van der Waals surface area contributed by atoms with Gasteiger partial charge in [0.15, 0.2) is 0 Å². The Hall–Kier alpha value is -0.240. The van der Waals surface area contributed by atoms with E-state index in [0.29, 0.717) is 12.0 Å². The Morgan fingerprint density at radius 3 is 2.35 bits per heavy atom. The molecule has 0 aromatic heterocycles. The molecule has 1 nitrogen and oxygen atoms in total. The second-order valence-electron chi connectivity index (χ2n) is 4.72. The van der Waals surface area contributed by atoms with Crippen LogP contribution in [-0.2, 0) is 0 Å². The molecule has 1 unspecified atom stereocenters. The van der Waals surface area contributed by atoms with Gasteiger partial charge in [0.2, 0.25) is 0 Å². The van der Waals surface area contributed by atoms with Gasteiger partial charge in [-0.1, -0.05) is 49.0 Å². The predicted octanol–water partition coefficient (Wildman–Crippen LogP) is 4.83. The third-order valence-corrected chi connectivity index (χ3v) is 4.27. The summed E-state index contributed by atoms with van der Waals surface area (Å²) < 4.78 is 0. The van der Waals surface area contributed by atoms with E-state index in [1.807, 2.05) is 18.2 Å². The maximum absolute atomic E-state index is 6.31. The molecule has 1 atom stereocenters. The van der Waals surface area contributed by atoms with E-state index >= 15 is 0 Å². The summed E-state index contributed by atoms with van der Waals surface area (Å²) in [6, 6.07) is 6.08. The summed E-state index contributed by atoms with van der Waals surface area (Å²) in [4.78, 5) is 0. The molecular weight excluding hydrogens is 253 g/mol. The lowest BCUT2D eigenvalue weighted by molar-refractivity contribution is 0.375. The Labute approximate surface area is 114 Å². The highest BCUT2D eigenvalue weighted by atomic mass is 35.5. The van der Waals surface area contributed by atoms with Crippen LogP contribution in [0.15, 0.2) is 18.2 Å². The van der Waals surface area contributed by atoms with Crippen molar-refractivity contribution in [1.29, 1.82) is 0 Å². The molecule has 0 heterocycles. The van der Waals surface area contributed by atoms with Gasteiger partial charge in [0.1, 0.15) is 0 Å². The van der Waals surface area contributed by atoms with Gasteiger partial charge in [-0.3, -0.25) is 0 Å². The molecule has 1 N–H and O–H groups in total. The van der Waals surface area contributed by atoms with Crippen molar-refractivity contribution in [3.8, 4) is 0 Å². The fraction of sp³-hybridized carbons (Fsp3) is 0.571. The predicted molar refractivity (Wildman–Crippen MR) is 74.8 cm³/mol. The van der Waals surface area contributed by atoms with Gasteiger partial charge in [-0.2, -0.15) is 0 Å². The lowest BCUT2D eigenvalue weighted by Crippen LogP contribution is -2.27. The number of nitrogens with one attached hydrogen (secondary N) is 1. The maximum Gasteiger partial charge on any atom is 0.0468 e. The average Bonchev–Trinajstić information content (AvgIpc) is 2.80. The van der Waals surface area contributed by atoms with E-state index in [9.17, 15) is 0 Å². The Morgan fingerprint density at radius 1 is 1.24 bits per heavy atom. The minimum absolute atomic E-state index is 0.309. The molecule has 0 amide bonds. The van der Waals surface area contributed by atoms with Gasteiger partial charge in [0, 0.05) is 21.7 Å². The molecule has 1 aromatic carbocycles. The maximum atomic E-state index is 6.31. The van der Waals surface area contributed by atoms with Crippen LogP contribution in [0.4, 0.5) is 0 Å². The summed E-state index contributed by atoms with van der Waals surface area (Å²) in [5.41, 5.74) is 1.09. The van der Waals surface area contributed by atoms with Gasteiger partial charge in [-0.05, 0) is 37.4 Å². The third-order valence-electron chi connectivity index (χ3n) is 3.61. The molecular formula is C14H19Cl2N. The van der Waals surface area contributed by atoms with Gasteiger partial charge in [-0.25, -0.2) is 0 Å². The standard InChI is InChI=1S/C14H19Cl2N/c1-2-17-14(10-6-3-4-7-10)13-11(15)8-5-9-12(13)16/h5,8-10,14,17H,2-4,6-7H2,1H3. The van der Waals surface area contributed by atoms with Crippen LogP contribution in [0.3, 0.4) is 0 Å². The first kappa shape index (κ1) is 13.2. The molecule has 0 radical (unpaired) electrons. The first-order valence-electron chi connectivity index (χ1n) is 6.41. The molecule has 1 fully saturated rings. The Morgan fingerprint density at radius 2 is 1.82 bits per heavy atom. The number of halogens is 2. The fourth-order valence-electron chi connectivity index (χ4n) is 2.82. The van der Waals surface area contributed by atoms with Crippen LogP contribution in [0.1, 0.15) is 44.2 Å². The summed E-state index contributed by atoms with van der Waals surface area (Å²) in [5, 5.41) is 5.13. The Balaban J connectivity index is 2.31. The molecule has 0 saturated heterocycles. The second kappa shape index (κ2) is 6.08. The van der Waals surface area contributed by atoms with E-state index in [1.54, 1.807) is 0 Å². The summed E-state index contributed by atoms with van der Waals surface area (Å²) in [6.45, 7) is 3.08. The Kier molecular flexibility index (Phi) is 4.72. The lowest BCUT2D eigenvalue weighted by atomic mass is 9.91. The smallest absolute Gasteiger partial charge is 0.0468 e. The highest BCUT2D eigenvalue weighted by Gasteiger charge is 2.28. The average molecular weight is 272 g/mol. The zero-order valence-corrected chi connectivity index (χ0v) is 11.7. The van der Waals surface area contributed by atoms with Crippen molar-refractivity contribution >= 4 is 23.2 Å². The van der Waals surface area contributed by atoms with Crippen LogP contribution < -0.4 is 5.32 Å². The molecule has 0 spiro atoms. The molecule has 2 rings (SSSR count). The van der Waals surface area contributed by atoms with Crippen LogP contribution in [0, 0.1) is 5.92 Å². The van der Waals surface area contributed by atoms with Crippen molar-refractivity contribution in [2.45, 2.75) is 38.6 Å². The zero-order chi connectivity index (χ0) is 12.3. The van der Waals surface area contributed by atoms with Gasteiger partial charge in [0.25, 0.3) is 0 Å². The molecule has 1 saturated carbocycles. The molecule has 0 bridgehead atoms. The van der Waals surface area contributed by atoms with Crippen molar-refractivity contribution in [2.75, 3.05) is 6.54 Å². The third kappa shape index (κ3) is 2.96. The number of rotatable bonds is 4. The van der Waals surface area contributed by atoms with Crippen molar-refractivity contribution in [3.05, 3.63) is 33.8 Å². The van der Waals surface area contributed by atoms with E-state index in [0.717, 1.165) is 22.2 Å². The van der Waals surface area contributed by atoms with Crippen LogP contribution in [0.5, 0.6) is 0 Å². The van der Waals surface area contributed by atoms with E-state index < -0.39 is 0 Å². The zero-order valence-electron chi connectivity index (χ0n) is 10.2. The van der Waals surface area contributed by atoms with E-state index in [1.165, 1.54) is 25.7 Å². The minimum Gasteiger partial charge on any atom is -0.310 e. The first-order chi connectivity index (χ1) is 8.24. The van der Waals surface area contributed by atoms with E-state index in [4.69, 9.17) is 23.2 Å². The van der Waals surface area contributed by atoms with E-state index in [-0.39, 0.29) is 0 Å². The van der Waals surface area contributed by atoms with E-state index in [2.05, 4.69) is 12.2 Å². The van der Waals surface area contributed by atoms with Crippen molar-refractivity contribution in [1.82, 2.24) is 5.32 Å². The molecule has 17 heavy (non-hydrogen) atoms. The normalized spacial score (nSPS) is 18.5. The molecule has 1 aliphatic carbocycles. The minimum atomic E-state index is 0.309. The molecule has 0 aliphatic heterocycles. The van der Waals surface area contributed by atoms with Crippen LogP contribution in [0.25, 0.3) is 0 Å². The van der Waals surface area contributed by atoms with Crippen LogP contribution in [0.2, 0.25) is 10.0 Å². The molecule has 1 aromatic rings. The van der Waals surface area contributed by atoms with Gasteiger partial charge in [0.05, 0.1) is 0 Å². The lowest BCUT2D eigenvalue weighted by Gasteiger charge is -2.26.